The standard InChI is InChI=1S/C67H83N11O21/c1-35(2)55(71-47(80)16-9-8-10-24-77-48(81)21-22-49(77)82)41-32-78(73-72-41)42(14-12-23-69-64(68)88)61(87)70-38-19-17-37(18-20-38)33-95-65(89)74(4)25-26-75(5)66(90)96-34-46(79)67(91)30-40-52(59(86)54-53(57(40)84)56(83)39-13-11-15-44(92-6)51(39)58(54)85)45(31-67)98-50-29-43-60(36(3)97-50)99-62-63(93-7)94-28-27-76(43)62/h11,13,15,17-22,32,35-36,42-43,45,50,55,60,62-63,84,86,91H,8-10,12,14,16,23-31,33-34H2,1-7H3,(H,70,87)(H,71,80)(H3,68,69,88)/t36-,42-,43-,45-,50-,55-,60+,62+,63-,67-/m0/s1. The third kappa shape index (κ3) is 15.9. The topological polar surface area (TPSA) is 411 Å². The molecule has 0 bridgehead atoms. The SMILES string of the molecule is COc1cccc2c1C(=O)c1c(O)c3c(c(O)c1C2=O)C[C@@](O)(C(=O)COC(=O)N(C)CCN(C)C(=O)OCc1ccc(NC(=O)[C@H](CCCNC(N)=O)n2cc([C@@H](NC(=O)CCCCCN4C(=O)C=CC4=O)C(C)C)nn2)cc1)C[C@@H]3O[C@H]1C[C@H]2[C@H](O[C@@H]3[C@@H](OC)OCCN32)[C@H](C)O1. The number of benzene rings is 3. The second-order valence-corrected chi connectivity index (χ2v) is 25.6. The molecule has 0 saturated carbocycles. The summed E-state index contributed by atoms with van der Waals surface area (Å²) in [7, 11) is 5.61. The van der Waals surface area contributed by atoms with E-state index < -0.39 is 138 Å². The maximum Gasteiger partial charge on any atom is 0.409 e. The molecular weight excluding hydrogens is 1290 g/mol. The van der Waals surface area contributed by atoms with E-state index in [0.29, 0.717) is 55.8 Å². The summed E-state index contributed by atoms with van der Waals surface area (Å²) < 4.78 is 48.4. The summed E-state index contributed by atoms with van der Waals surface area (Å²) in [6.07, 6.45) is -1.31. The number of hydrogen-bond acceptors (Lipinski definition) is 24. The Hall–Kier alpha value is -9.44. The minimum absolute atomic E-state index is 0.0477. The van der Waals surface area contributed by atoms with Crippen LogP contribution in [0.15, 0.2) is 60.8 Å². The second kappa shape index (κ2) is 31.2. The number of anilines is 1. The number of ketones is 3. The van der Waals surface area contributed by atoms with Crippen molar-refractivity contribution in [3.8, 4) is 17.2 Å². The number of nitrogens with two attached hydrogens (primary N) is 1. The quantitative estimate of drug-likeness (QED) is 0.0214. The molecular formula is C67H83N11O21. The van der Waals surface area contributed by atoms with Crippen molar-refractivity contribution in [3.63, 3.8) is 0 Å². The molecule has 5 heterocycles. The fraction of sp³-hybridized carbons (Fsp3) is 0.522. The maximum absolute atomic E-state index is 14.4. The van der Waals surface area contributed by atoms with Crippen LogP contribution in [-0.2, 0) is 70.2 Å². The molecule has 32 heteroatoms. The summed E-state index contributed by atoms with van der Waals surface area (Å²) in [5, 5.41) is 53.7. The summed E-state index contributed by atoms with van der Waals surface area (Å²) >= 11 is 0. The zero-order chi connectivity index (χ0) is 71.1. The van der Waals surface area contributed by atoms with Gasteiger partial charge >= 0.3 is 18.2 Å². The van der Waals surface area contributed by atoms with Crippen LogP contribution in [0.3, 0.4) is 0 Å². The number of amides is 8. The predicted octanol–water partition coefficient (Wildman–Crippen LogP) is 3.57. The van der Waals surface area contributed by atoms with Crippen LogP contribution >= 0.6 is 0 Å². The molecule has 6 aliphatic rings. The van der Waals surface area contributed by atoms with Crippen molar-refractivity contribution < 1.29 is 101 Å². The summed E-state index contributed by atoms with van der Waals surface area (Å²) in [6.45, 7) is 5.49. The van der Waals surface area contributed by atoms with Gasteiger partial charge in [0.25, 0.3) is 11.8 Å². The average Bonchev–Trinajstić information content (AvgIpc) is 1.08. The van der Waals surface area contributed by atoms with Crippen LogP contribution in [0, 0.1) is 5.92 Å². The molecule has 0 unspecified atom stereocenters. The van der Waals surface area contributed by atoms with Crippen molar-refractivity contribution in [1.29, 1.82) is 0 Å². The summed E-state index contributed by atoms with van der Waals surface area (Å²) in [4.78, 5) is 137. The van der Waals surface area contributed by atoms with E-state index in [4.69, 9.17) is 43.6 Å². The summed E-state index contributed by atoms with van der Waals surface area (Å²) in [6, 6.07) is 8.29. The van der Waals surface area contributed by atoms with E-state index >= 15 is 0 Å². The molecule has 3 aromatic carbocycles. The normalized spacial score (nSPS) is 22.9. The number of urea groups is 1. The minimum Gasteiger partial charge on any atom is -0.507 e. The third-order valence-electron chi connectivity index (χ3n) is 18.6. The second-order valence-electron chi connectivity index (χ2n) is 25.6. The fourth-order valence-electron chi connectivity index (χ4n) is 13.2. The number of hydrogen-bond donors (Lipinski definition) is 7. The highest BCUT2D eigenvalue weighted by atomic mass is 16.7. The number of likely N-dealkylation sites (N-methyl/N-ethyl adjacent to an activating group) is 2. The Kier molecular flexibility index (Phi) is 22.8. The lowest BCUT2D eigenvalue weighted by Crippen LogP contribution is -2.55. The number of aromatic hydroxyl groups is 2. The van der Waals surface area contributed by atoms with Gasteiger partial charge in [-0.05, 0) is 62.3 Å². The van der Waals surface area contributed by atoms with Crippen molar-refractivity contribution in [2.75, 3.05) is 79.6 Å². The number of ether oxygens (including phenoxy) is 8. The molecule has 10 rings (SSSR count). The number of primary amides is 1. The van der Waals surface area contributed by atoms with Crippen molar-refractivity contribution in [3.05, 3.63) is 105 Å². The van der Waals surface area contributed by atoms with Gasteiger partial charge in [0.1, 0.15) is 47.3 Å². The van der Waals surface area contributed by atoms with Gasteiger partial charge in [0.2, 0.25) is 23.4 Å². The smallest absolute Gasteiger partial charge is 0.409 e. The molecule has 8 N–H and O–H groups in total. The van der Waals surface area contributed by atoms with Crippen molar-refractivity contribution in [1.82, 2.24) is 45.2 Å². The van der Waals surface area contributed by atoms with Gasteiger partial charge in [-0.15, -0.1) is 5.10 Å². The first kappa shape index (κ1) is 72.3. The Morgan fingerprint density at radius 3 is 2.26 bits per heavy atom. The molecule has 4 aromatic rings. The minimum atomic E-state index is -2.48. The molecule has 3 saturated heterocycles. The Labute approximate surface area is 569 Å². The number of rotatable bonds is 28. The molecule has 4 aliphatic heterocycles. The maximum atomic E-state index is 14.4. The van der Waals surface area contributed by atoms with E-state index in [1.54, 1.807) is 37.4 Å². The number of aromatic nitrogens is 3. The van der Waals surface area contributed by atoms with Gasteiger partial charge in [0.05, 0.1) is 54.9 Å². The third-order valence-corrected chi connectivity index (χ3v) is 18.6. The number of nitrogens with zero attached hydrogens (tertiary/aromatic N) is 7. The van der Waals surface area contributed by atoms with Crippen molar-refractivity contribution in [2.24, 2.45) is 11.7 Å². The molecule has 32 nitrogen and oxygen atoms in total. The Bertz CT molecular complexity index is 3770. The first-order valence-electron chi connectivity index (χ1n) is 32.7. The number of Topliss-reactive ketones (excluding diaryl/α,β-unsaturated/α-hetero) is 1. The van der Waals surface area contributed by atoms with Gasteiger partial charge in [0, 0.05) is 120 Å². The number of morpholine rings is 1. The van der Waals surface area contributed by atoms with Crippen LogP contribution in [0.5, 0.6) is 17.2 Å². The Morgan fingerprint density at radius 2 is 1.58 bits per heavy atom. The van der Waals surface area contributed by atoms with E-state index in [9.17, 15) is 63.3 Å². The molecule has 532 valence electrons. The van der Waals surface area contributed by atoms with E-state index in [-0.39, 0.29) is 110 Å². The molecule has 1 aromatic heterocycles. The number of unbranched alkanes of at least 4 members (excludes halogenated alkanes) is 2. The van der Waals surface area contributed by atoms with E-state index in [2.05, 4.69) is 31.2 Å². The number of fused-ring (bicyclic) bond motifs is 6. The highest BCUT2D eigenvalue weighted by molar-refractivity contribution is 6.31. The first-order chi connectivity index (χ1) is 47.3. The number of carbonyl (C=O) groups is 10. The van der Waals surface area contributed by atoms with Gasteiger partial charge in [-0.3, -0.25) is 43.4 Å². The van der Waals surface area contributed by atoms with Crippen LogP contribution in [-0.4, -0.2) is 226 Å². The van der Waals surface area contributed by atoms with Gasteiger partial charge in [-0.1, -0.05) is 49.7 Å². The van der Waals surface area contributed by atoms with Crippen LogP contribution in [0.25, 0.3) is 0 Å². The number of methoxy groups -OCH3 is 2. The van der Waals surface area contributed by atoms with Gasteiger partial charge in [-0.2, -0.15) is 0 Å². The summed E-state index contributed by atoms with van der Waals surface area (Å²) in [5.41, 5.74) is 2.38. The monoisotopic (exact) mass is 1380 g/mol. The van der Waals surface area contributed by atoms with Gasteiger partial charge < -0.3 is 84.7 Å². The first-order valence-corrected chi connectivity index (χ1v) is 32.7. The largest absolute Gasteiger partial charge is 0.507 e. The lowest BCUT2D eigenvalue weighted by molar-refractivity contribution is -0.256. The number of aliphatic hydroxyl groups is 1. The predicted molar refractivity (Wildman–Crippen MR) is 344 cm³/mol. The van der Waals surface area contributed by atoms with Crippen molar-refractivity contribution in [2.45, 2.75) is 146 Å². The van der Waals surface area contributed by atoms with Gasteiger partial charge in [0.15, 0.2) is 31.2 Å². The van der Waals surface area contributed by atoms with Crippen LogP contribution < -0.4 is 26.4 Å². The Balaban J connectivity index is 0.724. The molecule has 10 atom stereocenters. The average molecular weight is 1380 g/mol. The molecule has 2 aliphatic carbocycles. The zero-order valence-corrected chi connectivity index (χ0v) is 56.0. The lowest BCUT2D eigenvalue weighted by Gasteiger charge is -2.43. The number of phenolic OH excluding ortho intramolecular Hbond substituents is 2. The molecule has 3 fully saturated rings. The van der Waals surface area contributed by atoms with E-state index in [0.717, 1.165) is 9.80 Å². The molecule has 0 radical (unpaired) electrons. The zero-order valence-electron chi connectivity index (χ0n) is 56.0. The molecule has 8 amide bonds. The van der Waals surface area contributed by atoms with E-state index in [1.165, 1.54) is 68.2 Å². The van der Waals surface area contributed by atoms with Crippen molar-refractivity contribution >= 4 is 64.9 Å². The fourth-order valence-corrected chi connectivity index (χ4v) is 13.2. The van der Waals surface area contributed by atoms with E-state index in [1.807, 2.05) is 13.8 Å². The van der Waals surface area contributed by atoms with Crippen LogP contribution in [0.1, 0.15) is 145 Å². The van der Waals surface area contributed by atoms with Crippen LogP contribution in [0.2, 0.25) is 0 Å². The highest BCUT2D eigenvalue weighted by Crippen LogP contribution is 2.53. The molecule has 0 spiro atoms. The van der Waals surface area contributed by atoms with Gasteiger partial charge in [-0.25, -0.2) is 19.1 Å². The summed E-state index contributed by atoms with van der Waals surface area (Å²) in [5.74, 6) is -5.69. The number of carbonyl (C=O) groups excluding carboxylic acids is 10. The Morgan fingerprint density at radius 1 is 0.869 bits per heavy atom. The number of imide groups is 1. The number of phenols is 2. The van der Waals surface area contributed by atoms with Crippen LogP contribution in [0.4, 0.5) is 20.1 Å². The molecule has 99 heavy (non-hydrogen) atoms. The highest BCUT2D eigenvalue weighted by Gasteiger charge is 2.55. The number of nitrogens with one attached hydrogen (secondary N) is 3. The lowest BCUT2D eigenvalue weighted by atomic mass is 9.72.